The van der Waals surface area contributed by atoms with E-state index in [9.17, 15) is 4.79 Å². The van der Waals surface area contributed by atoms with Crippen molar-refractivity contribution in [1.29, 1.82) is 0 Å². The van der Waals surface area contributed by atoms with Crippen molar-refractivity contribution < 1.29 is 4.79 Å². The van der Waals surface area contributed by atoms with Crippen LogP contribution in [-0.4, -0.2) is 56.8 Å². The number of aryl methyl sites for hydroxylation is 1. The van der Waals surface area contributed by atoms with Crippen molar-refractivity contribution in [1.82, 2.24) is 19.2 Å². The first-order valence-corrected chi connectivity index (χ1v) is 11.6. The number of hydrogen-bond acceptors (Lipinski definition) is 3. The van der Waals surface area contributed by atoms with Crippen LogP contribution in [0, 0.1) is 24.7 Å². The Morgan fingerprint density at radius 2 is 1.93 bits per heavy atom. The fraction of sp³-hybridized carbons (Fsp3) is 0.667. The standard InChI is InChI=1S/C24H32N4O/c1-16-4-3-9-27-20(12-25-24(16)27)11-23(29)26-13-17-10-19(15-26)22-6-2-5-21(18-7-8-18)28(22)14-17/h3-4,9,12,17-19,21-22H,2,5-8,10-11,13-15H2,1H3/t17-,19+,21+,22-/m0/s1. The van der Waals surface area contributed by atoms with Crippen LogP contribution in [-0.2, 0) is 11.2 Å². The molecule has 0 radical (unpaired) electrons. The van der Waals surface area contributed by atoms with Gasteiger partial charge >= 0.3 is 0 Å². The van der Waals surface area contributed by atoms with Gasteiger partial charge in [0.15, 0.2) is 0 Å². The second-order valence-electron chi connectivity index (χ2n) is 10.1. The molecule has 0 N–H and O–H groups in total. The van der Waals surface area contributed by atoms with Crippen molar-refractivity contribution in [2.24, 2.45) is 17.8 Å². The maximum atomic E-state index is 13.2. The van der Waals surface area contributed by atoms with E-state index >= 15 is 0 Å². The molecule has 3 aliphatic heterocycles. The van der Waals surface area contributed by atoms with Crippen LogP contribution >= 0.6 is 0 Å². The highest BCUT2D eigenvalue weighted by Gasteiger charge is 2.48. The van der Waals surface area contributed by atoms with Crippen LogP contribution in [0.15, 0.2) is 24.5 Å². The highest BCUT2D eigenvalue weighted by atomic mass is 16.2. The van der Waals surface area contributed by atoms with Gasteiger partial charge in [-0.3, -0.25) is 9.69 Å². The highest BCUT2D eigenvalue weighted by Crippen LogP contribution is 2.46. The van der Waals surface area contributed by atoms with E-state index in [1.165, 1.54) is 45.1 Å². The van der Waals surface area contributed by atoms with Gasteiger partial charge in [-0.05, 0) is 68.4 Å². The van der Waals surface area contributed by atoms with Gasteiger partial charge < -0.3 is 9.30 Å². The Bertz CT molecular complexity index is 932. The summed E-state index contributed by atoms with van der Waals surface area (Å²) in [7, 11) is 0. The van der Waals surface area contributed by atoms with E-state index in [-0.39, 0.29) is 5.91 Å². The second-order valence-corrected chi connectivity index (χ2v) is 10.1. The molecule has 3 saturated heterocycles. The molecular weight excluding hydrogens is 360 g/mol. The van der Waals surface area contributed by atoms with E-state index in [2.05, 4.69) is 32.2 Å². The van der Waals surface area contributed by atoms with E-state index in [1.807, 2.05) is 18.5 Å². The zero-order chi connectivity index (χ0) is 19.5. The topological polar surface area (TPSA) is 40.9 Å². The lowest BCUT2D eigenvalue weighted by Crippen LogP contribution is -2.62. The first kappa shape index (κ1) is 17.9. The van der Waals surface area contributed by atoms with Crippen molar-refractivity contribution >= 4 is 11.6 Å². The molecule has 2 bridgehead atoms. The van der Waals surface area contributed by atoms with Gasteiger partial charge in [0, 0.05) is 44.1 Å². The first-order chi connectivity index (χ1) is 14.2. The molecule has 4 atom stereocenters. The Morgan fingerprint density at radius 1 is 1.10 bits per heavy atom. The van der Waals surface area contributed by atoms with Crippen molar-refractivity contribution in [3.8, 4) is 0 Å². The van der Waals surface area contributed by atoms with E-state index in [0.29, 0.717) is 18.3 Å². The van der Waals surface area contributed by atoms with Crippen LogP contribution in [0.3, 0.4) is 0 Å². The number of likely N-dealkylation sites (tertiary alicyclic amines) is 1. The van der Waals surface area contributed by atoms with Gasteiger partial charge in [-0.25, -0.2) is 4.98 Å². The Morgan fingerprint density at radius 3 is 2.76 bits per heavy atom. The fourth-order valence-electron chi connectivity index (χ4n) is 6.64. The quantitative estimate of drug-likeness (QED) is 0.805. The van der Waals surface area contributed by atoms with Crippen molar-refractivity contribution in [2.75, 3.05) is 19.6 Å². The molecule has 5 heteroatoms. The molecule has 154 valence electrons. The summed E-state index contributed by atoms with van der Waals surface area (Å²) in [6, 6.07) is 5.68. The smallest absolute Gasteiger partial charge is 0.228 e. The average molecular weight is 393 g/mol. The predicted octanol–water partition coefficient (Wildman–Crippen LogP) is 3.30. The van der Waals surface area contributed by atoms with E-state index in [1.54, 1.807) is 0 Å². The van der Waals surface area contributed by atoms with Gasteiger partial charge in [0.1, 0.15) is 5.65 Å². The number of aromatic nitrogens is 2. The third-order valence-corrected chi connectivity index (χ3v) is 8.09. The summed E-state index contributed by atoms with van der Waals surface area (Å²) in [4.78, 5) is 22.9. The molecule has 6 rings (SSSR count). The van der Waals surface area contributed by atoms with Crippen LogP contribution in [0.2, 0.25) is 0 Å². The van der Waals surface area contributed by atoms with E-state index < -0.39 is 0 Å². The maximum absolute atomic E-state index is 13.2. The van der Waals surface area contributed by atoms with Gasteiger partial charge in [-0.15, -0.1) is 0 Å². The number of piperidine rings is 3. The molecule has 5 heterocycles. The molecule has 2 aromatic rings. The Labute approximate surface area is 173 Å². The van der Waals surface area contributed by atoms with Gasteiger partial charge in [-0.2, -0.15) is 0 Å². The lowest BCUT2D eigenvalue weighted by atomic mass is 9.74. The van der Waals surface area contributed by atoms with Crippen LogP contribution in [0.1, 0.15) is 49.8 Å². The second kappa shape index (κ2) is 6.83. The monoisotopic (exact) mass is 392 g/mol. The maximum Gasteiger partial charge on any atom is 0.228 e. The lowest BCUT2D eigenvalue weighted by molar-refractivity contribution is -0.138. The molecule has 0 unspecified atom stereocenters. The number of imidazole rings is 1. The number of hydrogen-bond donors (Lipinski definition) is 0. The molecule has 1 aliphatic carbocycles. The number of rotatable bonds is 3. The van der Waals surface area contributed by atoms with Crippen LogP contribution in [0.25, 0.3) is 5.65 Å². The molecule has 2 aromatic heterocycles. The minimum absolute atomic E-state index is 0.283. The third-order valence-electron chi connectivity index (χ3n) is 8.09. The molecule has 1 amide bonds. The summed E-state index contributed by atoms with van der Waals surface area (Å²) in [6.45, 7) is 5.21. The minimum atomic E-state index is 0.283. The predicted molar refractivity (Wildman–Crippen MR) is 113 cm³/mol. The van der Waals surface area contributed by atoms with Crippen molar-refractivity contribution in [2.45, 2.75) is 64.0 Å². The molecule has 1 saturated carbocycles. The van der Waals surface area contributed by atoms with Gasteiger partial charge in [-0.1, -0.05) is 12.5 Å². The number of nitrogens with zero attached hydrogens (tertiary/aromatic N) is 4. The number of amides is 1. The lowest BCUT2D eigenvalue weighted by Gasteiger charge is -2.55. The molecule has 0 spiro atoms. The molecule has 4 fully saturated rings. The Kier molecular flexibility index (Phi) is 4.22. The highest BCUT2D eigenvalue weighted by molar-refractivity contribution is 5.79. The van der Waals surface area contributed by atoms with Crippen LogP contribution in [0.5, 0.6) is 0 Å². The molecule has 29 heavy (non-hydrogen) atoms. The minimum Gasteiger partial charge on any atom is -0.342 e. The summed E-state index contributed by atoms with van der Waals surface area (Å²) in [5, 5.41) is 0. The zero-order valence-electron chi connectivity index (χ0n) is 17.5. The molecule has 5 nitrogen and oxygen atoms in total. The number of carbonyl (C=O) groups is 1. The van der Waals surface area contributed by atoms with E-state index in [0.717, 1.165) is 48.0 Å². The summed E-state index contributed by atoms with van der Waals surface area (Å²) in [5.74, 6) is 2.61. The molecule has 0 aromatic carbocycles. The van der Waals surface area contributed by atoms with Crippen LogP contribution in [0.4, 0.5) is 0 Å². The zero-order valence-corrected chi connectivity index (χ0v) is 17.5. The number of pyridine rings is 1. The van der Waals surface area contributed by atoms with Crippen molar-refractivity contribution in [3.63, 3.8) is 0 Å². The Balaban J connectivity index is 1.18. The third kappa shape index (κ3) is 3.09. The fourth-order valence-corrected chi connectivity index (χ4v) is 6.64. The molecular formula is C24H32N4O. The SMILES string of the molecule is Cc1cccn2c(CC(=O)N3C[C@@H]4C[C@H](C3)[C@@H]3CCC[C@H](C5CC5)N3C4)cnc12. The Hall–Kier alpha value is -1.88. The number of carbonyl (C=O) groups excluding carboxylic acids is 1. The van der Waals surface area contributed by atoms with Gasteiger partial charge in [0.2, 0.25) is 5.91 Å². The summed E-state index contributed by atoms with van der Waals surface area (Å²) in [6.07, 6.45) is 12.7. The normalized spacial score (nSPS) is 32.4. The van der Waals surface area contributed by atoms with E-state index in [4.69, 9.17) is 0 Å². The summed E-state index contributed by atoms with van der Waals surface area (Å²) in [5.41, 5.74) is 3.13. The van der Waals surface area contributed by atoms with Gasteiger partial charge in [0.05, 0.1) is 12.1 Å². The van der Waals surface area contributed by atoms with Crippen LogP contribution < -0.4 is 0 Å². The summed E-state index contributed by atoms with van der Waals surface area (Å²) < 4.78 is 2.08. The number of fused-ring (bicyclic) bond motifs is 5. The van der Waals surface area contributed by atoms with Gasteiger partial charge in [0.25, 0.3) is 0 Å². The average Bonchev–Trinajstić information content (AvgIpc) is 3.49. The van der Waals surface area contributed by atoms with Crippen molar-refractivity contribution in [3.05, 3.63) is 35.8 Å². The largest absolute Gasteiger partial charge is 0.342 e. The summed E-state index contributed by atoms with van der Waals surface area (Å²) >= 11 is 0. The molecule has 4 aliphatic rings. The first-order valence-electron chi connectivity index (χ1n) is 11.6.